The quantitative estimate of drug-likeness (QED) is 0.373. The molecule has 0 saturated carbocycles. The summed E-state index contributed by atoms with van der Waals surface area (Å²) in [4.78, 5) is 16.4. The number of hydrogen-bond donors (Lipinski definition) is 1. The fourth-order valence-corrected chi connectivity index (χ4v) is 3.91. The van der Waals surface area contributed by atoms with Crippen LogP contribution in [-0.4, -0.2) is 17.6 Å². The van der Waals surface area contributed by atoms with Crippen LogP contribution in [0.5, 0.6) is 5.75 Å². The second-order valence-corrected chi connectivity index (χ2v) is 7.99. The normalized spacial score (nSPS) is 11.0. The smallest absolute Gasteiger partial charge is 0.310 e. The highest BCUT2D eigenvalue weighted by atomic mass is 16.5. The largest absolute Gasteiger partial charge is 0.488 e. The monoisotopic (exact) mass is 444 g/mol. The number of carbonyl (C=O) groups is 1. The van der Waals surface area contributed by atoms with Gasteiger partial charge < -0.3 is 19.6 Å². The maximum absolute atomic E-state index is 12.1. The van der Waals surface area contributed by atoms with Crippen LogP contribution in [0.3, 0.4) is 0 Å². The Morgan fingerprint density at radius 2 is 1.97 bits per heavy atom. The van der Waals surface area contributed by atoms with Gasteiger partial charge in [-0.15, -0.1) is 0 Å². The molecule has 0 aliphatic carbocycles. The Labute approximate surface area is 193 Å². The number of ether oxygens (including phenoxy) is 2. The lowest BCUT2D eigenvalue weighted by Gasteiger charge is -2.16. The molecule has 0 saturated heterocycles. The number of carbonyl (C=O) groups excluding carboxylic acids is 1. The van der Waals surface area contributed by atoms with Crippen molar-refractivity contribution in [3.8, 4) is 16.9 Å². The van der Waals surface area contributed by atoms with Gasteiger partial charge in [0.05, 0.1) is 25.0 Å². The Hall–Kier alpha value is -3.64. The topological polar surface area (TPSA) is 87.6 Å². The van der Waals surface area contributed by atoms with Gasteiger partial charge in [0.2, 0.25) is 0 Å². The fourth-order valence-electron chi connectivity index (χ4n) is 3.91. The van der Waals surface area contributed by atoms with Gasteiger partial charge in [-0.2, -0.15) is 0 Å². The van der Waals surface area contributed by atoms with Crippen LogP contribution >= 0.6 is 0 Å². The number of benzene rings is 2. The second kappa shape index (κ2) is 9.88. The first-order valence-electron chi connectivity index (χ1n) is 11.0. The Balaban J connectivity index is 1.67. The van der Waals surface area contributed by atoms with E-state index in [4.69, 9.17) is 19.6 Å². The highest BCUT2D eigenvalue weighted by Crippen LogP contribution is 2.33. The molecule has 2 aromatic carbocycles. The molecular weight excluding hydrogens is 416 g/mol. The molecule has 6 nitrogen and oxygen atoms in total. The van der Waals surface area contributed by atoms with Crippen molar-refractivity contribution in [1.82, 2.24) is 4.98 Å². The van der Waals surface area contributed by atoms with E-state index in [-0.39, 0.29) is 12.4 Å². The molecule has 4 rings (SSSR count). The van der Waals surface area contributed by atoms with E-state index >= 15 is 0 Å². The van der Waals surface area contributed by atoms with E-state index < -0.39 is 0 Å². The summed E-state index contributed by atoms with van der Waals surface area (Å²) in [7, 11) is 0. The zero-order valence-electron chi connectivity index (χ0n) is 19.2. The highest BCUT2D eigenvalue weighted by Gasteiger charge is 2.16. The molecule has 2 heterocycles. The van der Waals surface area contributed by atoms with Gasteiger partial charge in [0, 0.05) is 29.3 Å². The molecule has 0 bridgehead atoms. The highest BCUT2D eigenvalue weighted by molar-refractivity contribution is 5.93. The summed E-state index contributed by atoms with van der Waals surface area (Å²) < 4.78 is 17.2. The van der Waals surface area contributed by atoms with Crippen molar-refractivity contribution in [1.29, 1.82) is 0 Å². The first-order chi connectivity index (χ1) is 16.0. The standard InChI is InChI=1S/C27H28N2O4/c1-4-31-25(30)14-21-6-5-17(2)18(3)26(21)33-16-19-11-22-8-10-32-27(22)24(12-19)20-7-9-29-23(13-20)15-28/h5-13H,4,14-16,28H2,1-3H3. The molecule has 0 unspecified atom stereocenters. The van der Waals surface area contributed by atoms with Crippen molar-refractivity contribution >= 4 is 16.9 Å². The van der Waals surface area contributed by atoms with Crippen LogP contribution in [0.4, 0.5) is 0 Å². The zero-order chi connectivity index (χ0) is 23.4. The van der Waals surface area contributed by atoms with E-state index in [1.165, 1.54) is 0 Å². The van der Waals surface area contributed by atoms with Gasteiger partial charge in [-0.1, -0.05) is 12.1 Å². The van der Waals surface area contributed by atoms with Crippen LogP contribution < -0.4 is 10.5 Å². The van der Waals surface area contributed by atoms with Crippen LogP contribution in [0.2, 0.25) is 0 Å². The van der Waals surface area contributed by atoms with E-state index in [0.717, 1.165) is 55.8 Å². The molecule has 0 amide bonds. The molecule has 0 spiro atoms. The third-order valence-electron chi connectivity index (χ3n) is 5.73. The van der Waals surface area contributed by atoms with Crippen molar-refractivity contribution in [3.05, 3.63) is 82.9 Å². The SMILES string of the molecule is CCOC(=O)Cc1ccc(C)c(C)c1OCc1cc(-c2ccnc(CN)c2)c2occc2c1. The molecule has 33 heavy (non-hydrogen) atoms. The van der Waals surface area contributed by atoms with Crippen molar-refractivity contribution in [2.24, 2.45) is 5.73 Å². The number of aryl methyl sites for hydroxylation is 1. The van der Waals surface area contributed by atoms with Crippen molar-refractivity contribution < 1.29 is 18.7 Å². The minimum atomic E-state index is -0.263. The Morgan fingerprint density at radius 1 is 1.12 bits per heavy atom. The number of pyridine rings is 1. The fraction of sp³-hybridized carbons (Fsp3) is 0.259. The van der Waals surface area contributed by atoms with Crippen LogP contribution in [0.1, 0.15) is 34.9 Å². The lowest BCUT2D eigenvalue weighted by atomic mass is 10.0. The summed E-state index contributed by atoms with van der Waals surface area (Å²) in [5.74, 6) is 0.465. The van der Waals surface area contributed by atoms with E-state index in [1.54, 1.807) is 19.4 Å². The lowest BCUT2D eigenvalue weighted by Crippen LogP contribution is -2.10. The predicted octanol–water partition coefficient (Wildman–Crippen LogP) is 5.25. The third-order valence-corrected chi connectivity index (χ3v) is 5.73. The number of fused-ring (bicyclic) bond motifs is 1. The molecule has 0 aliphatic rings. The molecule has 170 valence electrons. The first-order valence-corrected chi connectivity index (χ1v) is 11.0. The molecule has 4 aromatic rings. The van der Waals surface area contributed by atoms with Gasteiger partial charge in [0.1, 0.15) is 17.9 Å². The summed E-state index contributed by atoms with van der Waals surface area (Å²) in [5, 5.41) is 0.991. The number of esters is 1. The van der Waals surface area contributed by atoms with Crippen LogP contribution in [0, 0.1) is 13.8 Å². The van der Waals surface area contributed by atoms with Crippen LogP contribution in [0.15, 0.2) is 59.3 Å². The number of aromatic nitrogens is 1. The summed E-state index contributed by atoms with van der Waals surface area (Å²) in [6.07, 6.45) is 3.62. The van der Waals surface area contributed by atoms with E-state index in [1.807, 2.05) is 44.2 Å². The van der Waals surface area contributed by atoms with Gasteiger partial charge >= 0.3 is 5.97 Å². The third kappa shape index (κ3) is 4.91. The van der Waals surface area contributed by atoms with E-state index in [0.29, 0.717) is 19.8 Å². The molecule has 0 atom stereocenters. The molecule has 2 aromatic heterocycles. The minimum Gasteiger partial charge on any atom is -0.488 e. The Bertz CT molecular complexity index is 1290. The lowest BCUT2D eigenvalue weighted by molar-refractivity contribution is -0.142. The maximum Gasteiger partial charge on any atom is 0.310 e. The predicted molar refractivity (Wildman–Crippen MR) is 128 cm³/mol. The molecule has 6 heteroatoms. The van der Waals surface area contributed by atoms with Gasteiger partial charge in [0.15, 0.2) is 0 Å². The Kier molecular flexibility index (Phi) is 6.75. The molecule has 2 N–H and O–H groups in total. The number of nitrogens with zero attached hydrogens (tertiary/aromatic N) is 1. The minimum absolute atomic E-state index is 0.176. The average Bonchev–Trinajstić information content (AvgIpc) is 3.29. The Morgan fingerprint density at radius 3 is 2.76 bits per heavy atom. The molecule has 0 aliphatic heterocycles. The van der Waals surface area contributed by atoms with Gasteiger partial charge in [-0.05, 0) is 73.4 Å². The number of nitrogens with two attached hydrogens (primary N) is 1. The summed E-state index contributed by atoms with van der Waals surface area (Å²) in [6, 6.07) is 13.9. The van der Waals surface area contributed by atoms with Crippen molar-refractivity contribution in [2.45, 2.75) is 40.3 Å². The number of rotatable bonds is 8. The second-order valence-electron chi connectivity index (χ2n) is 7.99. The summed E-state index contributed by atoms with van der Waals surface area (Å²) >= 11 is 0. The zero-order valence-corrected chi connectivity index (χ0v) is 19.2. The van der Waals surface area contributed by atoms with Crippen LogP contribution in [0.25, 0.3) is 22.1 Å². The molecular formula is C27H28N2O4. The van der Waals surface area contributed by atoms with Crippen LogP contribution in [-0.2, 0) is 29.1 Å². The van der Waals surface area contributed by atoms with E-state index in [9.17, 15) is 4.79 Å². The van der Waals surface area contributed by atoms with Crippen molar-refractivity contribution in [3.63, 3.8) is 0 Å². The first kappa shape index (κ1) is 22.6. The van der Waals surface area contributed by atoms with Gasteiger partial charge in [-0.25, -0.2) is 0 Å². The number of furan rings is 1. The molecule has 0 fully saturated rings. The van der Waals surface area contributed by atoms with Gasteiger partial charge in [0.25, 0.3) is 0 Å². The summed E-state index contributed by atoms with van der Waals surface area (Å²) in [6.45, 7) is 6.92. The number of hydrogen-bond acceptors (Lipinski definition) is 6. The average molecular weight is 445 g/mol. The maximum atomic E-state index is 12.1. The summed E-state index contributed by atoms with van der Waals surface area (Å²) in [5.41, 5.74) is 13.3. The molecule has 0 radical (unpaired) electrons. The van der Waals surface area contributed by atoms with E-state index in [2.05, 4.69) is 17.1 Å². The van der Waals surface area contributed by atoms with Gasteiger partial charge in [-0.3, -0.25) is 9.78 Å². The van der Waals surface area contributed by atoms with Crippen molar-refractivity contribution in [2.75, 3.05) is 6.61 Å².